The first-order chi connectivity index (χ1) is 10.0. The number of benzene rings is 1. The number of nitrogens with zero attached hydrogens (tertiary/aromatic N) is 2. The van der Waals surface area contributed by atoms with Gasteiger partial charge in [0.05, 0.1) is 5.54 Å². The lowest BCUT2D eigenvalue weighted by molar-refractivity contribution is 0.122. The van der Waals surface area contributed by atoms with Crippen molar-refractivity contribution in [2.24, 2.45) is 5.73 Å². The third kappa shape index (κ3) is 4.50. The van der Waals surface area contributed by atoms with Gasteiger partial charge in [0.15, 0.2) is 0 Å². The monoisotopic (exact) mass is 293 g/mol. The van der Waals surface area contributed by atoms with Crippen LogP contribution in [0.4, 0.5) is 4.39 Å². The quantitative estimate of drug-likeness (QED) is 0.874. The molecule has 1 fully saturated rings. The summed E-state index contributed by atoms with van der Waals surface area (Å²) in [7, 11) is 2.16. The summed E-state index contributed by atoms with van der Waals surface area (Å²) in [6.45, 7) is 7.33. The molecule has 1 heterocycles. The molecule has 1 unspecified atom stereocenters. The van der Waals surface area contributed by atoms with Gasteiger partial charge < -0.3 is 10.6 Å². The molecular formula is C17H28FN3. The highest BCUT2D eigenvalue weighted by Crippen LogP contribution is 2.26. The van der Waals surface area contributed by atoms with Gasteiger partial charge in [-0.25, -0.2) is 4.39 Å². The van der Waals surface area contributed by atoms with E-state index < -0.39 is 0 Å². The molecule has 2 N–H and O–H groups in total. The highest BCUT2D eigenvalue weighted by molar-refractivity contribution is 5.25. The normalized spacial score (nSPS) is 20.4. The van der Waals surface area contributed by atoms with Gasteiger partial charge in [-0.05, 0) is 31.2 Å². The lowest BCUT2D eigenvalue weighted by atomic mass is 9.85. The van der Waals surface area contributed by atoms with Gasteiger partial charge in [-0.15, -0.1) is 0 Å². The molecule has 1 saturated heterocycles. The maximum atomic E-state index is 13.2. The van der Waals surface area contributed by atoms with Crippen LogP contribution in [0.2, 0.25) is 0 Å². The summed E-state index contributed by atoms with van der Waals surface area (Å²) in [4.78, 5) is 4.79. The van der Waals surface area contributed by atoms with E-state index in [4.69, 9.17) is 5.73 Å². The summed E-state index contributed by atoms with van der Waals surface area (Å²) in [6, 6.07) is 6.74. The van der Waals surface area contributed by atoms with E-state index in [1.165, 1.54) is 12.1 Å². The average molecular weight is 293 g/mol. The van der Waals surface area contributed by atoms with Crippen LogP contribution in [0, 0.1) is 5.82 Å². The van der Waals surface area contributed by atoms with Crippen molar-refractivity contribution in [1.82, 2.24) is 9.80 Å². The number of rotatable bonds is 6. The van der Waals surface area contributed by atoms with Gasteiger partial charge in [-0.2, -0.15) is 0 Å². The van der Waals surface area contributed by atoms with Crippen LogP contribution in [-0.4, -0.2) is 49.6 Å². The summed E-state index contributed by atoms with van der Waals surface area (Å²) in [6.07, 6.45) is 3.17. The Morgan fingerprint density at radius 1 is 1.14 bits per heavy atom. The van der Waals surface area contributed by atoms with Crippen molar-refractivity contribution in [3.05, 3.63) is 35.6 Å². The minimum Gasteiger partial charge on any atom is -0.320 e. The molecule has 1 atom stereocenters. The molecule has 4 heteroatoms. The van der Waals surface area contributed by atoms with Crippen molar-refractivity contribution in [2.75, 3.05) is 39.8 Å². The molecule has 21 heavy (non-hydrogen) atoms. The molecule has 3 nitrogen and oxygen atoms in total. The van der Waals surface area contributed by atoms with E-state index in [1.54, 1.807) is 0 Å². The molecule has 118 valence electrons. The van der Waals surface area contributed by atoms with Crippen LogP contribution in [0.15, 0.2) is 24.3 Å². The molecule has 0 radical (unpaired) electrons. The molecule has 1 aliphatic rings. The van der Waals surface area contributed by atoms with Gasteiger partial charge in [0, 0.05) is 32.7 Å². The fourth-order valence-electron chi connectivity index (χ4n) is 2.99. The maximum Gasteiger partial charge on any atom is 0.123 e. The van der Waals surface area contributed by atoms with E-state index >= 15 is 0 Å². The molecule has 1 aliphatic heterocycles. The average Bonchev–Trinajstić information content (AvgIpc) is 2.48. The number of unbranched alkanes of at least 4 members (excludes halogenated alkanes) is 1. The van der Waals surface area contributed by atoms with Gasteiger partial charge in [0.1, 0.15) is 5.82 Å². The number of halogens is 1. The molecule has 0 spiro atoms. The van der Waals surface area contributed by atoms with Crippen molar-refractivity contribution in [3.63, 3.8) is 0 Å². The van der Waals surface area contributed by atoms with Crippen LogP contribution in [-0.2, 0) is 5.54 Å². The topological polar surface area (TPSA) is 32.5 Å². The van der Waals surface area contributed by atoms with Crippen molar-refractivity contribution < 1.29 is 4.39 Å². The van der Waals surface area contributed by atoms with Crippen LogP contribution in [0.3, 0.4) is 0 Å². The Morgan fingerprint density at radius 3 is 2.33 bits per heavy atom. The van der Waals surface area contributed by atoms with E-state index in [-0.39, 0.29) is 11.4 Å². The van der Waals surface area contributed by atoms with Gasteiger partial charge in [-0.1, -0.05) is 31.9 Å². The number of hydrogen-bond acceptors (Lipinski definition) is 3. The Morgan fingerprint density at radius 2 is 1.76 bits per heavy atom. The fraction of sp³-hybridized carbons (Fsp3) is 0.647. The minimum absolute atomic E-state index is 0.198. The Balaban J connectivity index is 2.10. The van der Waals surface area contributed by atoms with E-state index in [0.717, 1.165) is 57.5 Å². The number of hydrogen-bond donors (Lipinski definition) is 1. The molecule has 1 aromatic carbocycles. The zero-order chi connectivity index (χ0) is 15.3. The van der Waals surface area contributed by atoms with Gasteiger partial charge in [0.25, 0.3) is 0 Å². The lowest BCUT2D eigenvalue weighted by Gasteiger charge is -2.39. The Kier molecular flexibility index (Phi) is 5.73. The first-order valence-corrected chi connectivity index (χ1v) is 7.99. The summed E-state index contributed by atoms with van der Waals surface area (Å²) in [5, 5.41) is 0. The van der Waals surface area contributed by atoms with E-state index in [0.29, 0.717) is 0 Å². The largest absolute Gasteiger partial charge is 0.320 e. The molecule has 1 aromatic rings. The minimum atomic E-state index is -0.375. The van der Waals surface area contributed by atoms with Gasteiger partial charge >= 0.3 is 0 Å². The third-order valence-electron chi connectivity index (χ3n) is 4.50. The van der Waals surface area contributed by atoms with E-state index in [1.807, 2.05) is 12.1 Å². The molecule has 0 aliphatic carbocycles. The summed E-state index contributed by atoms with van der Waals surface area (Å²) < 4.78 is 13.2. The predicted molar refractivity (Wildman–Crippen MR) is 85.7 cm³/mol. The van der Waals surface area contributed by atoms with Crippen molar-refractivity contribution in [1.29, 1.82) is 0 Å². The summed E-state index contributed by atoms with van der Waals surface area (Å²) in [5.41, 5.74) is 7.42. The van der Waals surface area contributed by atoms with Crippen LogP contribution in [0.5, 0.6) is 0 Å². The first kappa shape index (κ1) is 16.4. The third-order valence-corrected chi connectivity index (χ3v) is 4.50. The van der Waals surface area contributed by atoms with Gasteiger partial charge in [-0.3, -0.25) is 4.90 Å². The molecule has 0 amide bonds. The van der Waals surface area contributed by atoms with E-state index in [9.17, 15) is 4.39 Å². The van der Waals surface area contributed by atoms with E-state index in [2.05, 4.69) is 23.8 Å². The van der Waals surface area contributed by atoms with Crippen LogP contribution >= 0.6 is 0 Å². The first-order valence-electron chi connectivity index (χ1n) is 7.99. The molecule has 0 bridgehead atoms. The van der Waals surface area contributed by atoms with Crippen molar-refractivity contribution in [2.45, 2.75) is 31.7 Å². The Labute approximate surface area is 127 Å². The molecule has 0 aromatic heterocycles. The smallest absolute Gasteiger partial charge is 0.123 e. The zero-order valence-electron chi connectivity index (χ0n) is 13.3. The second-order valence-corrected chi connectivity index (χ2v) is 6.35. The molecule has 2 rings (SSSR count). The van der Waals surface area contributed by atoms with Crippen LogP contribution in [0.25, 0.3) is 0 Å². The zero-order valence-corrected chi connectivity index (χ0v) is 13.3. The molecular weight excluding hydrogens is 265 g/mol. The highest BCUT2D eigenvalue weighted by Gasteiger charge is 2.30. The number of piperazine rings is 1. The van der Waals surface area contributed by atoms with Crippen molar-refractivity contribution >= 4 is 0 Å². The number of nitrogens with two attached hydrogens (primary N) is 1. The van der Waals surface area contributed by atoms with Crippen molar-refractivity contribution in [3.8, 4) is 0 Å². The summed E-state index contributed by atoms with van der Waals surface area (Å²) in [5.74, 6) is -0.198. The fourth-order valence-corrected chi connectivity index (χ4v) is 2.99. The Bertz CT molecular complexity index is 426. The predicted octanol–water partition coefficient (Wildman–Crippen LogP) is 2.42. The number of likely N-dealkylation sites (N-methyl/N-ethyl adjacent to an activating group) is 1. The lowest BCUT2D eigenvalue weighted by Crippen LogP contribution is -2.53. The highest BCUT2D eigenvalue weighted by atomic mass is 19.1. The molecule has 0 saturated carbocycles. The van der Waals surface area contributed by atoms with Gasteiger partial charge in [0.2, 0.25) is 0 Å². The second-order valence-electron chi connectivity index (χ2n) is 6.35. The van der Waals surface area contributed by atoms with Crippen LogP contribution < -0.4 is 5.73 Å². The Hall–Kier alpha value is -0.970. The van der Waals surface area contributed by atoms with Crippen LogP contribution in [0.1, 0.15) is 31.7 Å². The summed E-state index contributed by atoms with van der Waals surface area (Å²) >= 11 is 0. The SMILES string of the molecule is CCCCC(N)(CN1CCN(C)CC1)c1ccc(F)cc1. The second kappa shape index (κ2) is 7.34. The standard InChI is InChI=1S/C17H28FN3/c1-3-4-9-17(19,15-5-7-16(18)8-6-15)14-21-12-10-20(2)11-13-21/h5-8H,3-4,9-14,19H2,1-2H3. The maximum absolute atomic E-state index is 13.2.